The van der Waals surface area contributed by atoms with E-state index in [2.05, 4.69) is 20.0 Å². The van der Waals surface area contributed by atoms with Gasteiger partial charge in [0.25, 0.3) is 21.8 Å². The fourth-order valence-electron chi connectivity index (χ4n) is 3.67. The van der Waals surface area contributed by atoms with Crippen LogP contribution in [-0.4, -0.2) is 30.2 Å². The van der Waals surface area contributed by atoms with Crippen molar-refractivity contribution in [2.45, 2.75) is 11.8 Å². The summed E-state index contributed by atoms with van der Waals surface area (Å²) in [4.78, 5) is 34.8. The third-order valence-corrected chi connectivity index (χ3v) is 7.25. The van der Waals surface area contributed by atoms with Gasteiger partial charge in [0.1, 0.15) is 22.2 Å². The maximum atomic E-state index is 13.1. The number of aromatic nitrogens is 2. The maximum Gasteiger partial charge on any atom is 0.283 e. The highest BCUT2D eigenvalue weighted by atomic mass is 35.5. The van der Waals surface area contributed by atoms with Crippen molar-refractivity contribution >= 4 is 50.8 Å². The van der Waals surface area contributed by atoms with Crippen LogP contribution < -0.4 is 19.7 Å². The zero-order valence-electron chi connectivity index (χ0n) is 20.3. The van der Waals surface area contributed by atoms with Gasteiger partial charge in [-0.15, -0.1) is 0 Å². The minimum Gasteiger partial charge on any atom is -0.457 e. The first-order chi connectivity index (χ1) is 18.7. The third kappa shape index (κ3) is 5.59. The van der Waals surface area contributed by atoms with Crippen LogP contribution in [0.5, 0.6) is 11.5 Å². The fourth-order valence-corrected chi connectivity index (χ4v) is 4.84. The molecule has 1 aliphatic rings. The SMILES string of the molecule is Cc1ccnc(NS(=O)(=O)c2ccc(NC3=C(Cl)C(=O)N(c4ccc(Oc5ccccc5)cc4)C3=O)cc2)n1. The number of amides is 2. The van der Waals surface area contributed by atoms with Crippen LogP contribution >= 0.6 is 11.6 Å². The van der Waals surface area contributed by atoms with Crippen LogP contribution in [0.25, 0.3) is 0 Å². The van der Waals surface area contributed by atoms with Crippen molar-refractivity contribution in [3.05, 3.63) is 108 Å². The van der Waals surface area contributed by atoms with E-state index in [1.807, 2.05) is 18.2 Å². The number of nitrogens with one attached hydrogen (secondary N) is 2. The second kappa shape index (κ2) is 10.6. The van der Waals surface area contributed by atoms with Gasteiger partial charge in [-0.05, 0) is 73.7 Å². The van der Waals surface area contributed by atoms with Crippen LogP contribution in [0.2, 0.25) is 0 Å². The van der Waals surface area contributed by atoms with Crippen molar-refractivity contribution in [2.75, 3.05) is 14.9 Å². The van der Waals surface area contributed by atoms with Crippen LogP contribution in [-0.2, 0) is 19.6 Å². The number of hydrogen-bond acceptors (Lipinski definition) is 8. The van der Waals surface area contributed by atoms with E-state index in [-0.39, 0.29) is 21.6 Å². The zero-order chi connectivity index (χ0) is 27.6. The number of ether oxygens (including phenoxy) is 1. The molecule has 0 radical (unpaired) electrons. The van der Waals surface area contributed by atoms with Gasteiger partial charge in [-0.3, -0.25) is 9.59 Å². The Morgan fingerprint density at radius 2 is 1.51 bits per heavy atom. The van der Waals surface area contributed by atoms with Crippen molar-refractivity contribution in [1.82, 2.24) is 9.97 Å². The molecule has 1 aromatic heterocycles. The number of aryl methyl sites for hydroxylation is 1. The number of hydrogen-bond donors (Lipinski definition) is 2. The molecule has 0 unspecified atom stereocenters. The Balaban J connectivity index is 1.28. The highest BCUT2D eigenvalue weighted by Gasteiger charge is 2.39. The first kappa shape index (κ1) is 25.9. The molecule has 3 aromatic carbocycles. The van der Waals surface area contributed by atoms with Crippen molar-refractivity contribution in [2.24, 2.45) is 0 Å². The summed E-state index contributed by atoms with van der Waals surface area (Å²) in [6.45, 7) is 1.71. The number of carbonyl (C=O) groups excluding carboxylic acids is 2. The molecule has 1 aliphatic heterocycles. The highest BCUT2D eigenvalue weighted by Crippen LogP contribution is 2.32. The lowest BCUT2D eigenvalue weighted by molar-refractivity contribution is -0.120. The number of carbonyl (C=O) groups is 2. The lowest BCUT2D eigenvalue weighted by atomic mass is 10.2. The number of sulfonamides is 1. The molecule has 0 saturated heterocycles. The maximum absolute atomic E-state index is 13.1. The van der Waals surface area contributed by atoms with Gasteiger partial charge in [0.2, 0.25) is 5.95 Å². The van der Waals surface area contributed by atoms with Crippen LogP contribution in [0.3, 0.4) is 0 Å². The summed E-state index contributed by atoms with van der Waals surface area (Å²) in [6, 6.07) is 22.8. The Hall–Kier alpha value is -4.74. The number of para-hydroxylation sites is 1. The van der Waals surface area contributed by atoms with E-state index < -0.39 is 21.8 Å². The third-order valence-electron chi connectivity index (χ3n) is 5.56. The normalized spacial score (nSPS) is 13.5. The van der Waals surface area contributed by atoms with Crippen molar-refractivity contribution in [3.8, 4) is 11.5 Å². The van der Waals surface area contributed by atoms with Gasteiger partial charge in [-0.25, -0.2) is 28.0 Å². The number of rotatable bonds is 8. The lowest BCUT2D eigenvalue weighted by Gasteiger charge is -2.16. The molecule has 0 bridgehead atoms. The number of nitrogens with zero attached hydrogens (tertiary/aromatic N) is 3. The lowest BCUT2D eigenvalue weighted by Crippen LogP contribution is -2.32. The van der Waals surface area contributed by atoms with E-state index in [1.54, 1.807) is 49.4 Å². The van der Waals surface area contributed by atoms with Gasteiger partial charge in [0.15, 0.2) is 0 Å². The Morgan fingerprint density at radius 1 is 0.846 bits per heavy atom. The molecule has 0 aliphatic carbocycles. The van der Waals surface area contributed by atoms with E-state index >= 15 is 0 Å². The first-order valence-electron chi connectivity index (χ1n) is 11.5. The van der Waals surface area contributed by atoms with Gasteiger partial charge in [0.05, 0.1) is 10.6 Å². The van der Waals surface area contributed by atoms with Gasteiger partial charge in [-0.2, -0.15) is 0 Å². The van der Waals surface area contributed by atoms with Crippen LogP contribution in [0.4, 0.5) is 17.3 Å². The molecule has 2 amide bonds. The average molecular weight is 562 g/mol. The standard InChI is InChI=1S/C27H20ClN5O5S/c1-17-15-16-29-27(30-17)32-39(36,37)22-13-7-18(8-14-22)31-24-23(28)25(34)33(26(24)35)19-9-11-21(12-10-19)38-20-5-3-2-4-6-20/h2-16,31H,1H3,(H,29,30,32). The Labute approximate surface area is 229 Å². The molecule has 2 N–H and O–H groups in total. The summed E-state index contributed by atoms with van der Waals surface area (Å²) in [7, 11) is -3.95. The predicted molar refractivity (Wildman–Crippen MR) is 146 cm³/mol. The van der Waals surface area contributed by atoms with Crippen LogP contribution in [0.15, 0.2) is 107 Å². The quantitative estimate of drug-likeness (QED) is 0.293. The molecular formula is C27H20ClN5O5S. The van der Waals surface area contributed by atoms with E-state index in [9.17, 15) is 18.0 Å². The topological polar surface area (TPSA) is 131 Å². The minimum absolute atomic E-state index is 0.0495. The second-order valence-electron chi connectivity index (χ2n) is 8.32. The summed E-state index contributed by atoms with van der Waals surface area (Å²) >= 11 is 6.22. The molecule has 0 saturated carbocycles. The Kier molecular flexibility index (Phi) is 7.01. The molecule has 5 rings (SSSR count). The number of halogens is 1. The largest absolute Gasteiger partial charge is 0.457 e. The molecule has 10 nitrogen and oxygen atoms in total. The minimum atomic E-state index is -3.95. The summed E-state index contributed by atoms with van der Waals surface area (Å²) in [6.07, 6.45) is 1.45. The molecule has 0 fully saturated rings. The van der Waals surface area contributed by atoms with Crippen molar-refractivity contribution < 1.29 is 22.7 Å². The second-order valence-corrected chi connectivity index (χ2v) is 10.4. The average Bonchev–Trinajstić information content (AvgIpc) is 3.13. The van der Waals surface area contributed by atoms with E-state index in [0.29, 0.717) is 28.6 Å². The summed E-state index contributed by atoms with van der Waals surface area (Å²) in [5.74, 6) is -0.226. The monoisotopic (exact) mass is 561 g/mol. The molecule has 12 heteroatoms. The Bertz CT molecular complexity index is 1690. The van der Waals surface area contributed by atoms with Gasteiger partial charge in [0, 0.05) is 17.6 Å². The molecule has 4 aromatic rings. The fraction of sp³-hybridized carbons (Fsp3) is 0.0370. The number of anilines is 3. The zero-order valence-corrected chi connectivity index (χ0v) is 21.9. The number of imide groups is 1. The number of benzene rings is 3. The highest BCUT2D eigenvalue weighted by molar-refractivity contribution is 7.92. The van der Waals surface area contributed by atoms with E-state index in [1.165, 1.54) is 30.5 Å². The van der Waals surface area contributed by atoms with Crippen molar-refractivity contribution in [1.29, 1.82) is 0 Å². The molecule has 196 valence electrons. The van der Waals surface area contributed by atoms with Gasteiger partial charge in [-0.1, -0.05) is 29.8 Å². The smallest absolute Gasteiger partial charge is 0.283 e. The van der Waals surface area contributed by atoms with Crippen molar-refractivity contribution in [3.63, 3.8) is 0 Å². The van der Waals surface area contributed by atoms with Crippen LogP contribution in [0, 0.1) is 6.92 Å². The van der Waals surface area contributed by atoms with Gasteiger partial charge < -0.3 is 10.1 Å². The van der Waals surface area contributed by atoms with Crippen LogP contribution in [0.1, 0.15) is 5.69 Å². The Morgan fingerprint density at radius 3 is 2.18 bits per heavy atom. The predicted octanol–water partition coefficient (Wildman–Crippen LogP) is 4.81. The summed E-state index contributed by atoms with van der Waals surface area (Å²) < 4.78 is 33.4. The van der Waals surface area contributed by atoms with E-state index in [0.717, 1.165) is 4.90 Å². The molecule has 0 atom stereocenters. The first-order valence-corrected chi connectivity index (χ1v) is 13.4. The summed E-state index contributed by atoms with van der Waals surface area (Å²) in [5.41, 5.74) is 1.14. The van der Waals surface area contributed by atoms with E-state index in [4.69, 9.17) is 16.3 Å². The molecule has 0 spiro atoms. The molecule has 39 heavy (non-hydrogen) atoms. The summed E-state index contributed by atoms with van der Waals surface area (Å²) in [5, 5.41) is 2.53. The van der Waals surface area contributed by atoms with Gasteiger partial charge >= 0.3 is 0 Å². The molecular weight excluding hydrogens is 542 g/mol. The molecule has 2 heterocycles.